The Morgan fingerprint density at radius 1 is 1.19 bits per heavy atom. The van der Waals surface area contributed by atoms with E-state index in [1.807, 2.05) is 0 Å². The van der Waals surface area contributed by atoms with Crippen molar-refractivity contribution in [3.63, 3.8) is 0 Å². The van der Waals surface area contributed by atoms with Crippen molar-refractivity contribution in [3.05, 3.63) is 51.7 Å². The predicted octanol–water partition coefficient (Wildman–Crippen LogP) is 4.14. The Bertz CT molecular complexity index is 770. The molecule has 0 unspecified atom stereocenters. The van der Waals surface area contributed by atoms with Crippen LogP contribution in [0.4, 0.5) is 0 Å². The summed E-state index contributed by atoms with van der Waals surface area (Å²) in [6, 6.07) is 8.75. The summed E-state index contributed by atoms with van der Waals surface area (Å²) in [7, 11) is 0. The van der Waals surface area contributed by atoms with Gasteiger partial charge in [-0.2, -0.15) is 5.10 Å². The van der Waals surface area contributed by atoms with E-state index in [4.69, 9.17) is 27.6 Å². The number of rotatable bonds is 2. The molecule has 0 fully saturated rings. The maximum atomic E-state index is 11.6. The minimum Gasteiger partial charge on any atom is -0.457 e. The molecule has 2 aromatic rings. The third kappa shape index (κ3) is 2.86. The zero-order chi connectivity index (χ0) is 15.0. The lowest BCUT2D eigenvalue weighted by Gasteiger charge is -1.99. The van der Waals surface area contributed by atoms with Crippen LogP contribution in [0.25, 0.3) is 17.4 Å². The molecule has 3 rings (SSSR count). The van der Waals surface area contributed by atoms with Crippen molar-refractivity contribution in [1.82, 2.24) is 5.43 Å². The minimum atomic E-state index is -0.240. The zero-order valence-electron chi connectivity index (χ0n) is 11.0. The molecular weight excluding hydrogens is 311 g/mol. The van der Waals surface area contributed by atoms with Crippen LogP contribution in [0, 0.1) is 0 Å². The molecule has 0 saturated heterocycles. The van der Waals surface area contributed by atoms with Gasteiger partial charge in [-0.3, -0.25) is 4.79 Å². The number of nitrogens with zero attached hydrogens (tertiary/aromatic N) is 1. The largest absolute Gasteiger partial charge is 0.457 e. The molecule has 4 nitrogen and oxygen atoms in total. The van der Waals surface area contributed by atoms with E-state index in [1.54, 1.807) is 43.3 Å². The number of carbonyl (C=O) groups is 1. The third-order valence-corrected chi connectivity index (χ3v) is 3.46. The molecule has 1 amide bonds. The Hall–Kier alpha value is -2.04. The second kappa shape index (κ2) is 5.39. The molecule has 2 heterocycles. The first-order valence-electron chi connectivity index (χ1n) is 6.16. The minimum absolute atomic E-state index is 0.240. The fraction of sp³-hybridized carbons (Fsp3) is 0.0667. The predicted molar refractivity (Wildman–Crippen MR) is 83.4 cm³/mol. The number of hydrazone groups is 1. The molecule has 0 saturated carbocycles. The van der Waals surface area contributed by atoms with Crippen LogP contribution in [0.3, 0.4) is 0 Å². The van der Waals surface area contributed by atoms with Crippen molar-refractivity contribution in [3.8, 4) is 11.3 Å². The van der Waals surface area contributed by atoms with Crippen molar-refractivity contribution in [2.45, 2.75) is 6.92 Å². The SMILES string of the molecule is CC1=NNC(=O)C1=Cc1ccc(-c2cc(Cl)cc(Cl)c2)o1. The maximum Gasteiger partial charge on any atom is 0.273 e. The highest BCUT2D eigenvalue weighted by Gasteiger charge is 2.19. The number of halogens is 2. The molecule has 6 heteroatoms. The maximum absolute atomic E-state index is 11.6. The zero-order valence-corrected chi connectivity index (χ0v) is 12.5. The average molecular weight is 321 g/mol. The van der Waals surface area contributed by atoms with Gasteiger partial charge in [0.05, 0.1) is 11.3 Å². The van der Waals surface area contributed by atoms with Crippen molar-refractivity contribution in [2.24, 2.45) is 5.10 Å². The summed E-state index contributed by atoms with van der Waals surface area (Å²) in [4.78, 5) is 11.6. The molecule has 0 radical (unpaired) electrons. The van der Waals surface area contributed by atoms with Crippen LogP contribution in [-0.4, -0.2) is 11.6 Å². The number of benzene rings is 1. The lowest BCUT2D eigenvalue weighted by atomic mass is 10.1. The Morgan fingerprint density at radius 3 is 2.52 bits per heavy atom. The first-order chi connectivity index (χ1) is 10.0. The van der Waals surface area contributed by atoms with Crippen LogP contribution in [0.5, 0.6) is 0 Å². The molecule has 1 aromatic heterocycles. The first kappa shape index (κ1) is 13.9. The van der Waals surface area contributed by atoms with Gasteiger partial charge in [-0.15, -0.1) is 0 Å². The molecular formula is C15H10Cl2N2O2. The van der Waals surface area contributed by atoms with E-state index in [9.17, 15) is 4.79 Å². The Morgan fingerprint density at radius 2 is 1.90 bits per heavy atom. The van der Waals surface area contributed by atoms with Gasteiger partial charge in [0.25, 0.3) is 5.91 Å². The van der Waals surface area contributed by atoms with Crippen LogP contribution in [0.1, 0.15) is 12.7 Å². The summed E-state index contributed by atoms with van der Waals surface area (Å²) in [5.74, 6) is 0.943. The van der Waals surface area contributed by atoms with Gasteiger partial charge in [-0.05, 0) is 43.3 Å². The van der Waals surface area contributed by atoms with Crippen molar-refractivity contribution < 1.29 is 9.21 Å². The molecule has 1 aromatic carbocycles. The van der Waals surface area contributed by atoms with Crippen LogP contribution >= 0.6 is 23.2 Å². The number of nitrogens with one attached hydrogen (secondary N) is 1. The fourth-order valence-corrected chi connectivity index (χ4v) is 2.54. The summed E-state index contributed by atoms with van der Waals surface area (Å²) in [5.41, 5.74) is 4.29. The van der Waals surface area contributed by atoms with E-state index >= 15 is 0 Å². The van der Waals surface area contributed by atoms with Gasteiger partial charge in [0.15, 0.2) is 0 Å². The highest BCUT2D eigenvalue weighted by atomic mass is 35.5. The third-order valence-electron chi connectivity index (χ3n) is 3.02. The summed E-state index contributed by atoms with van der Waals surface area (Å²) in [6.07, 6.45) is 1.65. The Labute approximate surface area is 131 Å². The van der Waals surface area contributed by atoms with Crippen molar-refractivity contribution in [1.29, 1.82) is 0 Å². The average Bonchev–Trinajstić information content (AvgIpc) is 3.00. The molecule has 0 aliphatic carbocycles. The second-order valence-corrected chi connectivity index (χ2v) is 5.43. The smallest absolute Gasteiger partial charge is 0.273 e. The molecule has 0 bridgehead atoms. The van der Waals surface area contributed by atoms with E-state index in [0.717, 1.165) is 5.56 Å². The monoisotopic (exact) mass is 320 g/mol. The quantitative estimate of drug-likeness (QED) is 0.845. The number of furan rings is 1. The van der Waals surface area contributed by atoms with E-state index < -0.39 is 0 Å². The molecule has 21 heavy (non-hydrogen) atoms. The van der Waals surface area contributed by atoms with E-state index in [2.05, 4.69) is 10.5 Å². The summed E-state index contributed by atoms with van der Waals surface area (Å²) in [6.45, 7) is 1.75. The number of hydrogen-bond acceptors (Lipinski definition) is 3. The number of amides is 1. The van der Waals surface area contributed by atoms with Gasteiger partial charge in [-0.1, -0.05) is 23.2 Å². The van der Waals surface area contributed by atoms with Gasteiger partial charge in [0.1, 0.15) is 11.5 Å². The first-order valence-corrected chi connectivity index (χ1v) is 6.91. The molecule has 1 N–H and O–H groups in total. The number of carbonyl (C=O) groups excluding carboxylic acids is 1. The highest BCUT2D eigenvalue weighted by Crippen LogP contribution is 2.29. The Balaban J connectivity index is 1.95. The van der Waals surface area contributed by atoms with Gasteiger partial charge in [0, 0.05) is 15.6 Å². The molecule has 0 spiro atoms. The van der Waals surface area contributed by atoms with Crippen LogP contribution in [0.15, 0.2) is 45.4 Å². The summed E-state index contributed by atoms with van der Waals surface area (Å²) < 4.78 is 5.71. The Kier molecular flexibility index (Phi) is 3.57. The van der Waals surface area contributed by atoms with Gasteiger partial charge < -0.3 is 4.42 Å². The highest BCUT2D eigenvalue weighted by molar-refractivity contribution is 6.35. The molecule has 1 aliphatic heterocycles. The number of hydrogen-bond donors (Lipinski definition) is 1. The second-order valence-electron chi connectivity index (χ2n) is 4.56. The van der Waals surface area contributed by atoms with Gasteiger partial charge >= 0.3 is 0 Å². The van der Waals surface area contributed by atoms with E-state index in [0.29, 0.717) is 32.9 Å². The van der Waals surface area contributed by atoms with Crippen LogP contribution < -0.4 is 5.43 Å². The van der Waals surface area contributed by atoms with E-state index in [-0.39, 0.29) is 5.91 Å². The van der Waals surface area contributed by atoms with E-state index in [1.165, 1.54) is 0 Å². The topological polar surface area (TPSA) is 54.6 Å². The van der Waals surface area contributed by atoms with Crippen LogP contribution in [-0.2, 0) is 4.79 Å². The summed E-state index contributed by atoms with van der Waals surface area (Å²) in [5, 5.41) is 4.92. The van der Waals surface area contributed by atoms with Gasteiger partial charge in [0.2, 0.25) is 0 Å². The lowest BCUT2D eigenvalue weighted by Crippen LogP contribution is -2.12. The molecule has 0 atom stereocenters. The standard InChI is InChI=1S/C15H10Cl2N2O2/c1-8-13(15(20)19-18-8)7-12-2-3-14(21-12)9-4-10(16)6-11(17)5-9/h2-7H,1H3,(H,19,20). The molecule has 1 aliphatic rings. The van der Waals surface area contributed by atoms with Gasteiger partial charge in [-0.25, -0.2) is 5.43 Å². The molecule has 106 valence electrons. The van der Waals surface area contributed by atoms with Crippen molar-refractivity contribution in [2.75, 3.05) is 0 Å². The lowest BCUT2D eigenvalue weighted by molar-refractivity contribution is -0.116. The van der Waals surface area contributed by atoms with Crippen molar-refractivity contribution >= 4 is 40.9 Å². The normalized spacial score (nSPS) is 16.2. The van der Waals surface area contributed by atoms with Crippen LogP contribution in [0.2, 0.25) is 10.0 Å². The summed E-state index contributed by atoms with van der Waals surface area (Å²) >= 11 is 12.0. The fourth-order valence-electron chi connectivity index (χ4n) is 2.01.